The fourth-order valence-electron chi connectivity index (χ4n) is 5.11. The number of methoxy groups -OCH3 is 1. The fourth-order valence-corrected chi connectivity index (χ4v) is 5.95. The number of aromatic amines is 1. The summed E-state index contributed by atoms with van der Waals surface area (Å²) in [6.07, 6.45) is 6.82. The molecule has 3 aromatic carbocycles. The molecule has 4 heterocycles. The number of rotatable bonds is 13. The highest BCUT2D eigenvalue weighted by atomic mass is 32.1. The van der Waals surface area contributed by atoms with Crippen LogP contribution in [0, 0.1) is 11.8 Å². The Morgan fingerprint density at radius 3 is 2.56 bits per heavy atom. The molecule has 0 radical (unpaired) electrons. The topological polar surface area (TPSA) is 126 Å². The first-order valence-corrected chi connectivity index (χ1v) is 17.1. The number of hydrogen-bond donors (Lipinski definition) is 1. The van der Waals surface area contributed by atoms with Crippen molar-refractivity contribution in [3.8, 4) is 45.9 Å². The minimum absolute atomic E-state index is 0.138. The van der Waals surface area contributed by atoms with Crippen molar-refractivity contribution in [3.05, 3.63) is 122 Å². The third-order valence-electron chi connectivity index (χ3n) is 7.71. The van der Waals surface area contributed by atoms with Crippen molar-refractivity contribution in [1.82, 2.24) is 29.9 Å². The van der Waals surface area contributed by atoms with Crippen molar-refractivity contribution >= 4 is 35.7 Å². The Bertz CT molecular complexity index is 2320. The van der Waals surface area contributed by atoms with Gasteiger partial charge in [-0.05, 0) is 79.7 Å². The Labute approximate surface area is 296 Å². The summed E-state index contributed by atoms with van der Waals surface area (Å²) in [5, 5.41) is 10.6. The maximum Gasteiger partial charge on any atom is 0.314 e. The third kappa shape index (κ3) is 7.43. The Morgan fingerprint density at radius 2 is 1.78 bits per heavy atom. The van der Waals surface area contributed by atoms with E-state index in [2.05, 4.69) is 22.0 Å². The zero-order valence-electron chi connectivity index (χ0n) is 27.5. The monoisotopic (exact) mass is 704 g/mol. The van der Waals surface area contributed by atoms with Crippen LogP contribution >= 0.6 is 23.6 Å². The molecule has 0 atom stereocenters. The summed E-state index contributed by atoms with van der Waals surface area (Å²) in [4.78, 5) is 13.7. The number of nitrogens with one attached hydrogen (secondary N) is 1. The van der Waals surface area contributed by atoms with E-state index in [1.165, 1.54) is 0 Å². The average molecular weight is 705 g/mol. The van der Waals surface area contributed by atoms with Gasteiger partial charge in [0.15, 0.2) is 17.3 Å². The molecule has 0 saturated heterocycles. The Morgan fingerprint density at radius 1 is 0.920 bits per heavy atom. The zero-order valence-corrected chi connectivity index (χ0v) is 29.1. The lowest BCUT2D eigenvalue weighted by Crippen LogP contribution is -2.02. The molecule has 0 saturated carbocycles. The van der Waals surface area contributed by atoms with E-state index in [1.807, 2.05) is 108 Å². The molecule has 0 aliphatic rings. The van der Waals surface area contributed by atoms with Crippen LogP contribution < -0.4 is 14.2 Å². The lowest BCUT2D eigenvalue weighted by atomic mass is 10.1. The molecule has 50 heavy (non-hydrogen) atoms. The summed E-state index contributed by atoms with van der Waals surface area (Å²) in [5.74, 6) is 3.27. The summed E-state index contributed by atoms with van der Waals surface area (Å²) in [6.45, 7) is 4.41. The Kier molecular flexibility index (Phi) is 9.67. The summed E-state index contributed by atoms with van der Waals surface area (Å²) in [5.41, 5.74) is 5.80. The van der Waals surface area contributed by atoms with Gasteiger partial charge in [0.05, 0.1) is 29.1 Å². The molecular formula is C37H32N6O5S2. The standard InChI is InChI=1S/C37H32N6O5S2/c1-4-33-38-28(22-50-33)15-14-27-19-43(29-11-6-5-7-12-29)41-36(27)46-20-24-13-16-31(32(17-24)44-3)45-21-30-23(2)47-35(39-30)26-10-8-9-25(18-26)34-40-37(49)48-42-34/h5-19,22H,4,20-21H2,1-3H3,(H,40,42,49)/b15-14+. The van der Waals surface area contributed by atoms with Gasteiger partial charge in [0.25, 0.3) is 0 Å². The number of H-pyrrole nitrogens is 1. The first-order valence-electron chi connectivity index (χ1n) is 15.8. The summed E-state index contributed by atoms with van der Waals surface area (Å²) in [7, 11) is 1.60. The molecule has 11 nitrogen and oxygen atoms in total. The first-order chi connectivity index (χ1) is 24.4. The van der Waals surface area contributed by atoms with Crippen LogP contribution in [0.2, 0.25) is 0 Å². The molecule has 7 aromatic rings. The second kappa shape index (κ2) is 14.8. The maximum atomic E-state index is 6.27. The van der Waals surface area contributed by atoms with Crippen LogP contribution in [-0.4, -0.2) is 37.0 Å². The number of benzene rings is 3. The lowest BCUT2D eigenvalue weighted by molar-refractivity contribution is 0.275. The highest BCUT2D eigenvalue weighted by molar-refractivity contribution is 7.71. The molecule has 0 amide bonds. The van der Waals surface area contributed by atoms with E-state index in [9.17, 15) is 0 Å². The number of ether oxygens (including phenoxy) is 3. The van der Waals surface area contributed by atoms with Gasteiger partial charge in [0.1, 0.15) is 24.7 Å². The SMILES string of the molecule is CCc1nc(/C=C/c2cn(-c3ccccc3)nc2OCc2ccc(OCc3nc(-c4cccc(-c5nc(=S)o[nH]5)c4)oc3C)c(OC)c2)cs1. The molecule has 0 aliphatic heterocycles. The van der Waals surface area contributed by atoms with E-state index < -0.39 is 0 Å². The van der Waals surface area contributed by atoms with Crippen molar-refractivity contribution in [2.45, 2.75) is 33.5 Å². The summed E-state index contributed by atoms with van der Waals surface area (Å²) < 4.78 is 31.0. The second-order valence-electron chi connectivity index (χ2n) is 11.1. The van der Waals surface area contributed by atoms with E-state index in [0.717, 1.165) is 45.1 Å². The third-order valence-corrected chi connectivity index (χ3v) is 8.90. The Balaban J connectivity index is 1.04. The van der Waals surface area contributed by atoms with E-state index in [1.54, 1.807) is 18.4 Å². The van der Waals surface area contributed by atoms with E-state index in [4.69, 9.17) is 45.5 Å². The minimum Gasteiger partial charge on any atom is -0.493 e. The van der Waals surface area contributed by atoms with Gasteiger partial charge in [-0.2, -0.15) is 4.98 Å². The van der Waals surface area contributed by atoms with E-state index in [0.29, 0.717) is 40.5 Å². The number of thiazole rings is 1. The van der Waals surface area contributed by atoms with Gasteiger partial charge in [0.2, 0.25) is 11.8 Å². The molecule has 0 spiro atoms. The molecule has 4 aromatic heterocycles. The van der Waals surface area contributed by atoms with Gasteiger partial charge in [-0.25, -0.2) is 19.8 Å². The predicted molar refractivity (Wildman–Crippen MR) is 193 cm³/mol. The van der Waals surface area contributed by atoms with Crippen molar-refractivity contribution < 1.29 is 23.2 Å². The Hall–Kier alpha value is -5.79. The molecular weight excluding hydrogens is 673 g/mol. The number of para-hydroxylation sites is 1. The van der Waals surface area contributed by atoms with Gasteiger partial charge < -0.3 is 23.2 Å². The number of oxazole rings is 1. The number of nitrogens with zero attached hydrogens (tertiary/aromatic N) is 5. The van der Waals surface area contributed by atoms with Crippen molar-refractivity contribution in [2.24, 2.45) is 0 Å². The molecule has 252 valence electrons. The van der Waals surface area contributed by atoms with Crippen LogP contribution in [0.3, 0.4) is 0 Å². The largest absolute Gasteiger partial charge is 0.493 e. The molecule has 0 unspecified atom stereocenters. The average Bonchev–Trinajstić information content (AvgIpc) is 3.97. The van der Waals surface area contributed by atoms with Gasteiger partial charge >= 0.3 is 4.84 Å². The predicted octanol–water partition coefficient (Wildman–Crippen LogP) is 8.90. The summed E-state index contributed by atoms with van der Waals surface area (Å²) in [6, 6.07) is 23.2. The number of aryl methyl sites for hydroxylation is 2. The second-order valence-corrected chi connectivity index (χ2v) is 12.4. The molecule has 13 heteroatoms. The number of aromatic nitrogens is 6. The molecule has 1 N–H and O–H groups in total. The van der Waals surface area contributed by atoms with E-state index in [-0.39, 0.29) is 18.1 Å². The van der Waals surface area contributed by atoms with Gasteiger partial charge in [-0.1, -0.05) is 43.3 Å². The summed E-state index contributed by atoms with van der Waals surface area (Å²) >= 11 is 6.63. The van der Waals surface area contributed by atoms with Crippen LogP contribution in [0.4, 0.5) is 0 Å². The molecule has 0 bridgehead atoms. The van der Waals surface area contributed by atoms with Gasteiger partial charge in [0, 0.05) is 22.7 Å². The van der Waals surface area contributed by atoms with E-state index >= 15 is 0 Å². The minimum atomic E-state index is 0.138. The lowest BCUT2D eigenvalue weighted by Gasteiger charge is -2.12. The highest BCUT2D eigenvalue weighted by Gasteiger charge is 2.16. The quantitative estimate of drug-likeness (QED) is 0.116. The molecule has 0 aliphatic carbocycles. The van der Waals surface area contributed by atoms with Crippen LogP contribution in [0.5, 0.6) is 17.4 Å². The van der Waals surface area contributed by atoms with Crippen LogP contribution in [-0.2, 0) is 19.6 Å². The van der Waals surface area contributed by atoms with Gasteiger partial charge in [-0.3, -0.25) is 0 Å². The highest BCUT2D eigenvalue weighted by Crippen LogP contribution is 2.32. The first kappa shape index (κ1) is 32.7. The number of hydrogen-bond acceptors (Lipinski definition) is 11. The zero-order chi connectivity index (χ0) is 34.5. The smallest absolute Gasteiger partial charge is 0.314 e. The molecule has 0 fully saturated rings. The van der Waals surface area contributed by atoms with Crippen molar-refractivity contribution in [3.63, 3.8) is 0 Å². The van der Waals surface area contributed by atoms with Gasteiger partial charge in [-0.15, -0.1) is 16.4 Å². The van der Waals surface area contributed by atoms with Crippen LogP contribution in [0.25, 0.3) is 40.7 Å². The normalized spacial score (nSPS) is 11.3. The van der Waals surface area contributed by atoms with Crippen LogP contribution in [0.15, 0.2) is 93.3 Å². The van der Waals surface area contributed by atoms with Crippen molar-refractivity contribution in [1.29, 1.82) is 0 Å². The van der Waals surface area contributed by atoms with Crippen LogP contribution in [0.1, 0.15) is 40.2 Å². The fraction of sp³-hybridized carbons (Fsp3) is 0.162. The molecule has 7 rings (SSSR count). The van der Waals surface area contributed by atoms with Crippen molar-refractivity contribution in [2.75, 3.05) is 7.11 Å². The maximum absolute atomic E-state index is 6.27.